The van der Waals surface area contributed by atoms with E-state index in [1.54, 1.807) is 28.4 Å². The summed E-state index contributed by atoms with van der Waals surface area (Å²) in [7, 11) is 1.65. The van der Waals surface area contributed by atoms with E-state index in [1.165, 1.54) is 0 Å². The molecule has 2 amide bonds. The Hall–Kier alpha value is -2.93. The minimum Gasteiger partial charge on any atom is -0.380 e. The van der Waals surface area contributed by atoms with E-state index >= 15 is 0 Å². The van der Waals surface area contributed by atoms with Crippen LogP contribution in [-0.2, 0) is 35.5 Å². The summed E-state index contributed by atoms with van der Waals surface area (Å²) in [5.41, 5.74) is 2.85. The molecule has 2 aliphatic heterocycles. The molecule has 7 nitrogen and oxygen atoms in total. The summed E-state index contributed by atoms with van der Waals surface area (Å²) in [6.45, 7) is 4.08. The lowest BCUT2D eigenvalue weighted by Gasteiger charge is -2.30. The molecule has 3 heterocycles. The van der Waals surface area contributed by atoms with Crippen molar-refractivity contribution in [3.05, 3.63) is 69.1 Å². The highest BCUT2D eigenvalue weighted by Crippen LogP contribution is 2.24. The van der Waals surface area contributed by atoms with Gasteiger partial charge in [0, 0.05) is 53.0 Å². The van der Waals surface area contributed by atoms with Crippen molar-refractivity contribution in [3.8, 4) is 0 Å². The fourth-order valence-electron chi connectivity index (χ4n) is 4.52. The van der Waals surface area contributed by atoms with E-state index in [0.29, 0.717) is 45.6 Å². The molecule has 2 aromatic rings. The van der Waals surface area contributed by atoms with E-state index < -0.39 is 0 Å². The number of hydrogen-bond acceptors (Lipinski definition) is 4. The van der Waals surface area contributed by atoms with E-state index in [2.05, 4.69) is 0 Å². The molecule has 0 spiro atoms. The molecule has 1 saturated heterocycles. The topological polar surface area (TPSA) is 71.8 Å². The third-order valence-corrected chi connectivity index (χ3v) is 6.38. The normalized spacial score (nSPS) is 18.2. The Kier molecular flexibility index (Phi) is 6.23. The highest BCUT2D eigenvalue weighted by molar-refractivity contribution is 5.96. The Bertz CT molecular complexity index is 1030. The van der Waals surface area contributed by atoms with Gasteiger partial charge in [0.05, 0.1) is 6.10 Å². The number of methoxy groups -OCH3 is 1. The number of carbonyl (C=O) groups is 2. The van der Waals surface area contributed by atoms with Gasteiger partial charge in [-0.25, -0.2) is 0 Å². The minimum atomic E-state index is -0.239. The largest absolute Gasteiger partial charge is 0.380 e. The van der Waals surface area contributed by atoms with Gasteiger partial charge in [0.25, 0.3) is 11.5 Å². The summed E-state index contributed by atoms with van der Waals surface area (Å²) in [5.74, 6) is -0.214. The van der Waals surface area contributed by atoms with Crippen LogP contribution in [-0.4, -0.2) is 59.0 Å². The summed E-state index contributed by atoms with van der Waals surface area (Å²) in [6.07, 6.45) is 3.84. The fraction of sp³-hybridized carbons (Fsp3) is 0.458. The second-order valence-corrected chi connectivity index (χ2v) is 8.33. The number of pyridine rings is 1. The Morgan fingerprint density at radius 1 is 1.13 bits per heavy atom. The van der Waals surface area contributed by atoms with Gasteiger partial charge in [-0.15, -0.1) is 0 Å². The number of likely N-dealkylation sites (tertiary alicyclic amines) is 1. The number of amides is 2. The first kappa shape index (κ1) is 21.3. The average molecular weight is 424 g/mol. The predicted molar refractivity (Wildman–Crippen MR) is 117 cm³/mol. The van der Waals surface area contributed by atoms with Crippen LogP contribution < -0.4 is 5.56 Å². The number of aryl methyl sites for hydroxylation is 2. The van der Waals surface area contributed by atoms with Crippen LogP contribution >= 0.6 is 0 Å². The number of aromatic nitrogens is 1. The Labute approximate surface area is 182 Å². The van der Waals surface area contributed by atoms with E-state index in [9.17, 15) is 14.4 Å². The molecule has 2 aliphatic rings. The van der Waals surface area contributed by atoms with Crippen molar-refractivity contribution in [2.24, 2.45) is 0 Å². The second kappa shape index (κ2) is 9.06. The van der Waals surface area contributed by atoms with Gasteiger partial charge < -0.3 is 19.1 Å². The SMILES string of the molecule is COC1CCN(C(=O)c2c3c(cn(CCc4ccccc4)c2=O)CN(C(C)=O)CC3)C1. The number of ether oxygens (including phenoxy) is 1. The van der Waals surface area contributed by atoms with Gasteiger partial charge in [-0.1, -0.05) is 30.3 Å². The van der Waals surface area contributed by atoms with E-state index in [1.807, 2.05) is 36.5 Å². The molecule has 31 heavy (non-hydrogen) atoms. The van der Waals surface area contributed by atoms with Crippen molar-refractivity contribution in [3.63, 3.8) is 0 Å². The molecule has 0 radical (unpaired) electrons. The maximum Gasteiger partial charge on any atom is 0.263 e. The number of carbonyl (C=O) groups excluding carboxylic acids is 2. The van der Waals surface area contributed by atoms with Gasteiger partial charge in [0.2, 0.25) is 5.91 Å². The number of nitrogens with zero attached hydrogens (tertiary/aromatic N) is 3. The van der Waals surface area contributed by atoms with Crippen LogP contribution in [0, 0.1) is 0 Å². The molecule has 1 unspecified atom stereocenters. The lowest BCUT2D eigenvalue weighted by molar-refractivity contribution is -0.129. The van der Waals surface area contributed by atoms with Crippen LogP contribution in [0.15, 0.2) is 41.3 Å². The third-order valence-electron chi connectivity index (χ3n) is 6.38. The summed E-state index contributed by atoms with van der Waals surface area (Å²) >= 11 is 0. The van der Waals surface area contributed by atoms with Crippen molar-refractivity contribution in [2.45, 2.75) is 45.4 Å². The monoisotopic (exact) mass is 423 g/mol. The smallest absolute Gasteiger partial charge is 0.263 e. The Morgan fingerprint density at radius 3 is 2.58 bits per heavy atom. The zero-order valence-corrected chi connectivity index (χ0v) is 18.2. The summed E-state index contributed by atoms with van der Waals surface area (Å²) in [6, 6.07) is 9.98. The van der Waals surface area contributed by atoms with Crippen LogP contribution in [0.1, 0.15) is 40.4 Å². The molecule has 1 atom stereocenters. The first-order chi connectivity index (χ1) is 15.0. The van der Waals surface area contributed by atoms with Crippen molar-refractivity contribution in [1.29, 1.82) is 0 Å². The zero-order valence-electron chi connectivity index (χ0n) is 18.2. The van der Waals surface area contributed by atoms with Gasteiger partial charge in [0.1, 0.15) is 5.56 Å². The van der Waals surface area contributed by atoms with Crippen molar-refractivity contribution in [2.75, 3.05) is 26.7 Å². The Balaban J connectivity index is 1.70. The zero-order chi connectivity index (χ0) is 22.0. The number of benzene rings is 1. The highest BCUT2D eigenvalue weighted by Gasteiger charge is 2.33. The molecular weight excluding hydrogens is 394 g/mol. The molecule has 1 aromatic carbocycles. The van der Waals surface area contributed by atoms with Crippen LogP contribution in [0.5, 0.6) is 0 Å². The highest BCUT2D eigenvalue weighted by atomic mass is 16.5. The molecule has 0 N–H and O–H groups in total. The second-order valence-electron chi connectivity index (χ2n) is 8.33. The van der Waals surface area contributed by atoms with Crippen molar-refractivity contribution >= 4 is 11.8 Å². The molecular formula is C24H29N3O4. The number of rotatable bonds is 5. The van der Waals surface area contributed by atoms with E-state index in [4.69, 9.17) is 4.74 Å². The molecule has 0 aliphatic carbocycles. The lowest BCUT2D eigenvalue weighted by atomic mass is 9.95. The summed E-state index contributed by atoms with van der Waals surface area (Å²) in [4.78, 5) is 42.3. The molecule has 0 saturated carbocycles. The first-order valence-electron chi connectivity index (χ1n) is 10.8. The number of hydrogen-bond donors (Lipinski definition) is 0. The van der Waals surface area contributed by atoms with Gasteiger partial charge in [-0.05, 0) is 36.0 Å². The quantitative estimate of drug-likeness (QED) is 0.736. The van der Waals surface area contributed by atoms with E-state index in [0.717, 1.165) is 23.1 Å². The third kappa shape index (κ3) is 4.42. The van der Waals surface area contributed by atoms with Gasteiger partial charge in [0.15, 0.2) is 0 Å². The Morgan fingerprint density at radius 2 is 1.90 bits per heavy atom. The van der Waals surface area contributed by atoms with Crippen LogP contribution in [0.2, 0.25) is 0 Å². The fourth-order valence-corrected chi connectivity index (χ4v) is 4.52. The van der Waals surface area contributed by atoms with E-state index in [-0.39, 0.29) is 29.0 Å². The molecule has 4 rings (SSSR count). The summed E-state index contributed by atoms with van der Waals surface area (Å²) < 4.78 is 7.05. The molecule has 1 aromatic heterocycles. The number of fused-ring (bicyclic) bond motifs is 1. The van der Waals surface area contributed by atoms with Crippen molar-refractivity contribution in [1.82, 2.24) is 14.4 Å². The maximum atomic E-state index is 13.4. The molecule has 164 valence electrons. The maximum absolute atomic E-state index is 13.4. The van der Waals surface area contributed by atoms with Crippen LogP contribution in [0.25, 0.3) is 0 Å². The standard InChI is InChI=1S/C24H29N3O4/c1-17(28)25-13-10-21-19(14-25)15-26(11-8-18-6-4-3-5-7-18)23(29)22(21)24(30)27-12-9-20(16-27)31-2/h3-7,15,20H,8-14,16H2,1-2H3. The molecule has 1 fully saturated rings. The molecule has 7 heteroatoms. The van der Waals surface area contributed by atoms with Crippen LogP contribution in [0.3, 0.4) is 0 Å². The average Bonchev–Trinajstić information content (AvgIpc) is 3.27. The van der Waals surface area contributed by atoms with Gasteiger partial charge >= 0.3 is 0 Å². The van der Waals surface area contributed by atoms with Gasteiger partial charge in [-0.3, -0.25) is 14.4 Å². The predicted octanol–water partition coefficient (Wildman–Crippen LogP) is 1.86. The van der Waals surface area contributed by atoms with Crippen molar-refractivity contribution < 1.29 is 14.3 Å². The van der Waals surface area contributed by atoms with Gasteiger partial charge in [-0.2, -0.15) is 0 Å². The lowest BCUT2D eigenvalue weighted by Crippen LogP contribution is -2.42. The minimum absolute atomic E-state index is 0.00282. The first-order valence-corrected chi connectivity index (χ1v) is 10.8. The summed E-state index contributed by atoms with van der Waals surface area (Å²) in [5, 5.41) is 0. The van der Waals surface area contributed by atoms with Crippen LogP contribution in [0.4, 0.5) is 0 Å². The molecule has 0 bridgehead atoms.